The van der Waals surface area contributed by atoms with E-state index < -0.39 is 26.4 Å². The molecule has 0 unspecified atom stereocenters. The first-order valence-electron chi connectivity index (χ1n) is 6.45. The first kappa shape index (κ1) is 17.4. The smallest absolute Gasteiger partial charge is 0.341 e. The highest BCUT2D eigenvalue weighted by Gasteiger charge is 2.26. The number of alkyl halides is 2. The van der Waals surface area contributed by atoms with Crippen molar-refractivity contribution in [1.29, 1.82) is 0 Å². The number of amides is 1. The fourth-order valence-electron chi connectivity index (χ4n) is 1.83. The fraction of sp³-hybridized carbons (Fsp3) is 0.133. The molecule has 0 aromatic heterocycles. The van der Waals surface area contributed by atoms with E-state index in [4.69, 9.17) is 11.6 Å². The molecule has 0 heterocycles. The summed E-state index contributed by atoms with van der Waals surface area (Å²) in [6.45, 7) is 0.233. The Hall–Kier alpha value is -1.99. The predicted octanol–water partition coefficient (Wildman–Crippen LogP) is 3.27. The van der Waals surface area contributed by atoms with Crippen molar-refractivity contribution in [2.75, 3.05) is 0 Å². The second kappa shape index (κ2) is 7.06. The Morgan fingerprint density at radius 2 is 1.78 bits per heavy atom. The average molecular weight is 360 g/mol. The Bertz CT molecular complexity index is 808. The molecule has 0 fully saturated rings. The fourth-order valence-corrected chi connectivity index (χ4v) is 2.76. The van der Waals surface area contributed by atoms with E-state index in [1.807, 2.05) is 0 Å². The van der Waals surface area contributed by atoms with Crippen molar-refractivity contribution in [2.45, 2.75) is 17.2 Å². The van der Waals surface area contributed by atoms with Gasteiger partial charge in [0.25, 0.3) is 5.91 Å². The van der Waals surface area contributed by atoms with Crippen LogP contribution in [0.15, 0.2) is 53.4 Å². The number of hydrogen-bond donors (Lipinski definition) is 1. The minimum Gasteiger partial charge on any atom is -0.348 e. The molecule has 122 valence electrons. The molecule has 0 aliphatic carbocycles. The molecule has 0 saturated heterocycles. The molecule has 2 aromatic rings. The molecular weight excluding hydrogens is 348 g/mol. The van der Waals surface area contributed by atoms with Crippen LogP contribution in [-0.4, -0.2) is 20.1 Å². The topological polar surface area (TPSA) is 63.2 Å². The maximum absolute atomic E-state index is 12.4. The van der Waals surface area contributed by atoms with Gasteiger partial charge in [-0.2, -0.15) is 8.78 Å². The molecule has 23 heavy (non-hydrogen) atoms. The van der Waals surface area contributed by atoms with Crippen LogP contribution in [0.3, 0.4) is 0 Å². The van der Waals surface area contributed by atoms with Gasteiger partial charge in [-0.25, -0.2) is 8.42 Å². The summed E-state index contributed by atoms with van der Waals surface area (Å²) in [5, 5.41) is 3.17. The van der Waals surface area contributed by atoms with Crippen LogP contribution in [0, 0.1) is 0 Å². The second-order valence-electron chi connectivity index (χ2n) is 4.64. The summed E-state index contributed by atoms with van der Waals surface area (Å²) in [5.41, 5.74) is 0.961. The van der Waals surface area contributed by atoms with Gasteiger partial charge in [0.1, 0.15) is 0 Å². The van der Waals surface area contributed by atoms with Gasteiger partial charge < -0.3 is 5.32 Å². The van der Waals surface area contributed by atoms with Gasteiger partial charge in [0.15, 0.2) is 0 Å². The lowest BCUT2D eigenvalue weighted by atomic mass is 10.2. The average Bonchev–Trinajstić information content (AvgIpc) is 2.52. The maximum Gasteiger partial charge on any atom is 0.341 e. The van der Waals surface area contributed by atoms with Crippen molar-refractivity contribution in [3.8, 4) is 0 Å². The van der Waals surface area contributed by atoms with E-state index in [1.165, 1.54) is 12.1 Å². The number of hydrogen-bond acceptors (Lipinski definition) is 3. The number of carbonyl (C=O) groups excluding carboxylic acids is 1. The number of carbonyl (C=O) groups is 1. The molecule has 0 radical (unpaired) electrons. The zero-order valence-electron chi connectivity index (χ0n) is 11.7. The van der Waals surface area contributed by atoms with E-state index in [0.717, 1.165) is 17.7 Å². The molecule has 4 nitrogen and oxygen atoms in total. The van der Waals surface area contributed by atoms with E-state index in [9.17, 15) is 22.0 Å². The van der Waals surface area contributed by atoms with Crippen molar-refractivity contribution < 1.29 is 22.0 Å². The monoisotopic (exact) mass is 359 g/mol. The molecule has 0 saturated carbocycles. The molecule has 0 atom stereocenters. The predicted molar refractivity (Wildman–Crippen MR) is 82.3 cm³/mol. The lowest BCUT2D eigenvalue weighted by molar-refractivity contribution is 0.0951. The van der Waals surface area contributed by atoms with Crippen molar-refractivity contribution in [3.63, 3.8) is 0 Å². The van der Waals surface area contributed by atoms with Crippen LogP contribution < -0.4 is 5.32 Å². The molecular formula is C15H12ClF2NO3S. The van der Waals surface area contributed by atoms with Gasteiger partial charge in [0.05, 0.1) is 4.90 Å². The summed E-state index contributed by atoms with van der Waals surface area (Å²) < 4.78 is 47.4. The lowest BCUT2D eigenvalue weighted by Gasteiger charge is -2.07. The summed E-state index contributed by atoms with van der Waals surface area (Å²) in [4.78, 5) is 11.4. The third kappa shape index (κ3) is 4.27. The van der Waals surface area contributed by atoms with Crippen molar-refractivity contribution in [1.82, 2.24) is 5.32 Å². The van der Waals surface area contributed by atoms with Crippen molar-refractivity contribution in [3.05, 3.63) is 64.7 Å². The quantitative estimate of drug-likeness (QED) is 0.891. The van der Waals surface area contributed by atoms with Crippen LogP contribution >= 0.6 is 11.6 Å². The second-order valence-corrected chi connectivity index (χ2v) is 7.00. The van der Waals surface area contributed by atoms with Crippen LogP contribution in [0.5, 0.6) is 0 Å². The first-order valence-corrected chi connectivity index (χ1v) is 8.38. The zero-order valence-corrected chi connectivity index (χ0v) is 13.2. The van der Waals surface area contributed by atoms with Crippen LogP contribution in [0.2, 0.25) is 5.02 Å². The molecule has 2 rings (SSSR count). The summed E-state index contributed by atoms with van der Waals surface area (Å²) >= 11 is 5.83. The van der Waals surface area contributed by atoms with Crippen LogP contribution in [-0.2, 0) is 16.4 Å². The lowest BCUT2D eigenvalue weighted by Crippen LogP contribution is -2.22. The number of benzene rings is 2. The molecule has 0 aliphatic rings. The third-order valence-corrected chi connectivity index (χ3v) is 4.66. The number of halogens is 3. The minimum atomic E-state index is -4.66. The molecule has 2 aromatic carbocycles. The highest BCUT2D eigenvalue weighted by molar-refractivity contribution is 7.91. The Morgan fingerprint density at radius 1 is 1.13 bits per heavy atom. The highest BCUT2D eigenvalue weighted by Crippen LogP contribution is 2.18. The highest BCUT2D eigenvalue weighted by atomic mass is 35.5. The van der Waals surface area contributed by atoms with Gasteiger partial charge in [-0.3, -0.25) is 4.79 Å². The van der Waals surface area contributed by atoms with Gasteiger partial charge in [-0.15, -0.1) is 0 Å². The standard InChI is InChI=1S/C15H12ClF2NO3S/c16-12-3-1-2-10(8-12)9-19-14(20)11-4-6-13(7-5-11)23(21,22)15(17)18/h1-8,15H,9H2,(H,19,20). The van der Waals surface area contributed by atoms with Gasteiger partial charge in [-0.05, 0) is 42.0 Å². The normalized spacial score (nSPS) is 11.5. The SMILES string of the molecule is O=C(NCc1cccc(Cl)c1)c1ccc(S(=O)(=O)C(F)F)cc1. The van der Waals surface area contributed by atoms with Crippen LogP contribution in [0.1, 0.15) is 15.9 Å². The molecule has 8 heteroatoms. The number of sulfone groups is 1. The Morgan fingerprint density at radius 3 is 2.35 bits per heavy atom. The maximum atomic E-state index is 12.4. The van der Waals surface area contributed by atoms with Gasteiger partial charge in [-0.1, -0.05) is 23.7 Å². The third-order valence-electron chi connectivity index (χ3n) is 3.02. The van der Waals surface area contributed by atoms with Gasteiger partial charge in [0, 0.05) is 17.1 Å². The number of nitrogens with one attached hydrogen (secondary N) is 1. The summed E-state index contributed by atoms with van der Waals surface area (Å²) in [6, 6.07) is 11.3. The largest absolute Gasteiger partial charge is 0.348 e. The van der Waals surface area contributed by atoms with E-state index in [-0.39, 0.29) is 12.1 Å². The zero-order chi connectivity index (χ0) is 17.0. The Kier molecular flexibility index (Phi) is 5.33. The van der Waals surface area contributed by atoms with Gasteiger partial charge >= 0.3 is 5.76 Å². The Labute approximate surface area is 137 Å². The van der Waals surface area contributed by atoms with E-state index in [0.29, 0.717) is 5.02 Å². The van der Waals surface area contributed by atoms with E-state index in [1.54, 1.807) is 24.3 Å². The molecule has 0 spiro atoms. The summed E-state index contributed by atoms with van der Waals surface area (Å²) in [7, 11) is -4.66. The molecule has 0 bridgehead atoms. The van der Waals surface area contributed by atoms with Crippen LogP contribution in [0.25, 0.3) is 0 Å². The molecule has 1 N–H and O–H groups in total. The van der Waals surface area contributed by atoms with E-state index in [2.05, 4.69) is 5.32 Å². The van der Waals surface area contributed by atoms with Gasteiger partial charge in [0.2, 0.25) is 9.84 Å². The number of rotatable bonds is 5. The minimum absolute atomic E-state index is 0.167. The van der Waals surface area contributed by atoms with Crippen molar-refractivity contribution in [2.24, 2.45) is 0 Å². The molecule has 1 amide bonds. The first-order chi connectivity index (χ1) is 10.8. The van der Waals surface area contributed by atoms with E-state index >= 15 is 0 Å². The Balaban J connectivity index is 2.06. The summed E-state index contributed by atoms with van der Waals surface area (Å²) in [5.74, 6) is -3.95. The van der Waals surface area contributed by atoms with Crippen molar-refractivity contribution >= 4 is 27.3 Å². The molecule has 0 aliphatic heterocycles. The van der Waals surface area contributed by atoms with Crippen LogP contribution in [0.4, 0.5) is 8.78 Å². The summed E-state index contributed by atoms with van der Waals surface area (Å²) in [6.07, 6.45) is 0.